The number of carboxylic acids is 1. The van der Waals surface area contributed by atoms with E-state index in [9.17, 15) is 24.3 Å². The zero-order valence-electron chi connectivity index (χ0n) is 31.1. The van der Waals surface area contributed by atoms with Gasteiger partial charge < -0.3 is 15.2 Å². The summed E-state index contributed by atoms with van der Waals surface area (Å²) in [5.41, 5.74) is 0.657. The minimum absolute atomic E-state index is 0.00181. The molecule has 5 aliphatic rings. The molecule has 6 rings (SSSR count). The summed E-state index contributed by atoms with van der Waals surface area (Å²) in [7, 11) is 0. The Morgan fingerprint density at radius 1 is 1.00 bits per heavy atom. The average Bonchev–Trinajstić information content (AvgIpc) is 3.30. The highest BCUT2D eigenvalue weighted by atomic mass is 16.5. The molecular weight excluding hydrogens is 618 g/mol. The number of carbonyl (C=O) groups excluding carboxylic acids is 3. The lowest BCUT2D eigenvalue weighted by Gasteiger charge is -2.70. The standard InChI is InChI=1S/C40H57N3O6/c1-23(2)31-26(44)20-40(43-33(46)25-22-41-18-19-42-25)17-16-38(8)24(32(31)40)10-11-28-37(7)14-13-29(49-30(45)21-35(3,4)34(47)48)36(5,6)27(37)12-15-39(28,38)9/h18-19,22-23,27-29,31H,10-17,20-21H2,1-9H3,(H,43,46)(H,47,48)/t27-,28+,29-,31?,37-,38+,39+,40+/m0/s1. The molecule has 268 valence electrons. The molecule has 49 heavy (non-hydrogen) atoms. The van der Waals surface area contributed by atoms with E-state index in [1.807, 2.05) is 0 Å². The number of ketones is 1. The van der Waals surface area contributed by atoms with Crippen LogP contribution < -0.4 is 5.32 Å². The molecular formula is C40H57N3O6. The lowest BCUT2D eigenvalue weighted by Crippen LogP contribution is -2.65. The average molecular weight is 676 g/mol. The smallest absolute Gasteiger partial charge is 0.309 e. The molecule has 1 aromatic heterocycles. The second-order valence-corrected chi connectivity index (χ2v) is 18.5. The normalized spacial score (nSPS) is 38.2. The monoisotopic (exact) mass is 675 g/mol. The Bertz CT molecular complexity index is 1580. The maximum Gasteiger partial charge on any atom is 0.309 e. The van der Waals surface area contributed by atoms with Gasteiger partial charge in [0.05, 0.1) is 23.6 Å². The minimum atomic E-state index is -1.17. The molecule has 8 atom stereocenters. The van der Waals surface area contributed by atoms with E-state index >= 15 is 0 Å². The summed E-state index contributed by atoms with van der Waals surface area (Å²) in [6, 6.07) is 0. The van der Waals surface area contributed by atoms with Crippen LogP contribution in [0, 0.1) is 50.7 Å². The molecule has 1 aromatic rings. The summed E-state index contributed by atoms with van der Waals surface area (Å²) in [5.74, 6) is -0.756. The number of rotatable bonds is 7. The Morgan fingerprint density at radius 3 is 2.35 bits per heavy atom. The van der Waals surface area contributed by atoms with Gasteiger partial charge in [0.2, 0.25) is 0 Å². The third-order valence-corrected chi connectivity index (χ3v) is 14.9. The first-order valence-corrected chi connectivity index (χ1v) is 18.5. The summed E-state index contributed by atoms with van der Waals surface area (Å²) in [6.07, 6.45) is 11.8. The highest BCUT2D eigenvalue weighted by molar-refractivity contribution is 5.97. The fourth-order valence-electron chi connectivity index (χ4n) is 12.2. The summed E-state index contributed by atoms with van der Waals surface area (Å²) in [6.45, 7) is 19.4. The van der Waals surface area contributed by atoms with Crippen molar-refractivity contribution in [3.05, 3.63) is 35.4 Å². The summed E-state index contributed by atoms with van der Waals surface area (Å²) in [5, 5.41) is 12.9. The van der Waals surface area contributed by atoms with Crippen molar-refractivity contribution in [2.24, 2.45) is 50.7 Å². The molecule has 0 radical (unpaired) electrons. The number of amides is 1. The highest BCUT2D eigenvalue weighted by Gasteiger charge is 2.69. The number of fused-ring (bicyclic) bond motifs is 6. The quantitative estimate of drug-likeness (QED) is 0.226. The second kappa shape index (κ2) is 11.7. The molecule has 4 saturated carbocycles. The maximum absolute atomic E-state index is 13.9. The summed E-state index contributed by atoms with van der Waals surface area (Å²) >= 11 is 0. The lowest BCUT2D eigenvalue weighted by atomic mass is 9.34. The van der Waals surface area contributed by atoms with Crippen molar-refractivity contribution < 1.29 is 29.0 Å². The molecule has 9 nitrogen and oxygen atoms in total. The predicted molar refractivity (Wildman–Crippen MR) is 185 cm³/mol. The van der Waals surface area contributed by atoms with Crippen LogP contribution in [0.3, 0.4) is 0 Å². The number of ether oxygens (including phenoxy) is 1. The molecule has 9 heteroatoms. The van der Waals surface area contributed by atoms with E-state index in [-0.39, 0.29) is 63.4 Å². The summed E-state index contributed by atoms with van der Waals surface area (Å²) < 4.78 is 6.14. The van der Waals surface area contributed by atoms with Crippen molar-refractivity contribution in [3.8, 4) is 0 Å². The fraction of sp³-hybridized carbons (Fsp3) is 0.750. The van der Waals surface area contributed by atoms with Crippen molar-refractivity contribution in [1.82, 2.24) is 15.3 Å². The Labute approximate surface area is 291 Å². The Morgan fingerprint density at radius 2 is 1.71 bits per heavy atom. The summed E-state index contributed by atoms with van der Waals surface area (Å²) in [4.78, 5) is 60.6. The second-order valence-electron chi connectivity index (χ2n) is 18.5. The van der Waals surface area contributed by atoms with Crippen LogP contribution >= 0.6 is 0 Å². The van der Waals surface area contributed by atoms with Crippen molar-refractivity contribution in [3.63, 3.8) is 0 Å². The van der Waals surface area contributed by atoms with Crippen molar-refractivity contribution >= 4 is 23.6 Å². The van der Waals surface area contributed by atoms with Gasteiger partial charge in [0.15, 0.2) is 0 Å². The van der Waals surface area contributed by atoms with Crippen molar-refractivity contribution in [2.75, 3.05) is 0 Å². The van der Waals surface area contributed by atoms with Gasteiger partial charge in [-0.1, -0.05) is 54.0 Å². The number of carboxylic acid groups (broad SMARTS) is 1. The van der Waals surface area contributed by atoms with Crippen LogP contribution in [0.1, 0.15) is 137 Å². The van der Waals surface area contributed by atoms with Crippen LogP contribution in [0.2, 0.25) is 0 Å². The van der Waals surface area contributed by atoms with Crippen LogP contribution in [-0.2, 0) is 19.1 Å². The van der Waals surface area contributed by atoms with Gasteiger partial charge in [-0.3, -0.25) is 24.2 Å². The van der Waals surface area contributed by atoms with E-state index in [4.69, 9.17) is 4.74 Å². The number of allylic oxidation sites excluding steroid dienone is 1. The van der Waals surface area contributed by atoms with Gasteiger partial charge in [-0.2, -0.15) is 0 Å². The van der Waals surface area contributed by atoms with Crippen LogP contribution in [-0.4, -0.2) is 50.3 Å². The first kappa shape index (κ1) is 35.7. The topological polar surface area (TPSA) is 136 Å². The first-order valence-electron chi connectivity index (χ1n) is 18.5. The third kappa shape index (κ3) is 5.30. The van der Waals surface area contributed by atoms with Gasteiger partial charge in [0.25, 0.3) is 5.91 Å². The molecule has 5 aliphatic carbocycles. The Hall–Kier alpha value is -3.10. The van der Waals surface area contributed by atoms with Crippen LogP contribution in [0.4, 0.5) is 0 Å². The van der Waals surface area contributed by atoms with Gasteiger partial charge >= 0.3 is 11.9 Å². The largest absolute Gasteiger partial charge is 0.481 e. The number of Topliss-reactive ketones (excluding diaryl/α,β-unsaturated/α-hetero) is 1. The van der Waals surface area contributed by atoms with E-state index in [0.29, 0.717) is 18.3 Å². The van der Waals surface area contributed by atoms with Gasteiger partial charge in [-0.05, 0) is 105 Å². The number of aromatic nitrogens is 2. The molecule has 0 saturated heterocycles. The van der Waals surface area contributed by atoms with Crippen molar-refractivity contribution in [1.29, 1.82) is 0 Å². The van der Waals surface area contributed by atoms with Gasteiger partial charge in [-0.15, -0.1) is 0 Å². The van der Waals surface area contributed by atoms with E-state index in [1.54, 1.807) is 20.0 Å². The molecule has 1 heterocycles. The van der Waals surface area contributed by atoms with E-state index in [2.05, 4.69) is 63.8 Å². The third-order valence-electron chi connectivity index (χ3n) is 14.9. The fourth-order valence-corrected chi connectivity index (χ4v) is 12.2. The number of carbonyl (C=O) groups is 4. The van der Waals surface area contributed by atoms with Gasteiger partial charge in [-0.25, -0.2) is 4.98 Å². The molecule has 1 unspecified atom stereocenters. The molecule has 0 aromatic carbocycles. The lowest BCUT2D eigenvalue weighted by molar-refractivity contribution is -0.214. The van der Waals surface area contributed by atoms with Crippen LogP contribution in [0.15, 0.2) is 29.7 Å². The molecule has 4 fully saturated rings. The molecule has 0 spiro atoms. The SMILES string of the molecule is CC(C)C1C(=O)C[C@]2(NC(=O)c3cnccn3)CC[C@]3(C)C(=C12)CC[C@@H]1[C@@]2(C)CC[C@H](OC(=O)CC(C)(C)C(=O)O)C(C)(C)[C@@H]2CC[C@]13C. The van der Waals surface area contributed by atoms with Crippen molar-refractivity contribution in [2.45, 2.75) is 138 Å². The Kier molecular flexibility index (Phi) is 8.55. The zero-order valence-corrected chi connectivity index (χ0v) is 31.1. The Balaban J connectivity index is 1.33. The first-order chi connectivity index (χ1) is 22.7. The molecule has 0 bridgehead atoms. The van der Waals surface area contributed by atoms with E-state index < -0.39 is 22.9 Å². The minimum Gasteiger partial charge on any atom is -0.481 e. The zero-order chi connectivity index (χ0) is 35.9. The highest BCUT2D eigenvalue weighted by Crippen LogP contribution is 2.75. The molecule has 0 aliphatic heterocycles. The number of nitrogens with one attached hydrogen (secondary N) is 1. The molecule has 1 amide bonds. The van der Waals surface area contributed by atoms with Gasteiger partial charge in [0, 0.05) is 30.1 Å². The number of hydrogen-bond donors (Lipinski definition) is 2. The number of esters is 1. The number of aliphatic carboxylic acids is 1. The number of hydrogen-bond acceptors (Lipinski definition) is 7. The molecule has 2 N–H and O–H groups in total. The van der Waals surface area contributed by atoms with E-state index in [0.717, 1.165) is 51.4 Å². The van der Waals surface area contributed by atoms with E-state index in [1.165, 1.54) is 23.5 Å². The van der Waals surface area contributed by atoms with Crippen LogP contribution in [0.25, 0.3) is 0 Å². The maximum atomic E-state index is 13.9. The predicted octanol–water partition coefficient (Wildman–Crippen LogP) is 7.35. The number of nitrogens with zero attached hydrogens (tertiary/aromatic N) is 2. The van der Waals surface area contributed by atoms with Gasteiger partial charge in [0.1, 0.15) is 17.6 Å². The van der Waals surface area contributed by atoms with Crippen LogP contribution in [0.5, 0.6) is 0 Å².